The summed E-state index contributed by atoms with van der Waals surface area (Å²) < 4.78 is 0. The standard InChI is InChI=1S/C32H26N2/c1-21-14-16-25-26-17-15-24(19-28(26)32(2,3)27(25)18-21)30-20-29(22-10-6-4-7-11-22)33-31(34-30)23-12-8-5-9-13-23/h4-20H,1-3H3. The van der Waals surface area contributed by atoms with Crippen molar-refractivity contribution in [1.82, 2.24) is 9.97 Å². The van der Waals surface area contributed by atoms with Gasteiger partial charge in [-0.3, -0.25) is 0 Å². The van der Waals surface area contributed by atoms with Crippen molar-refractivity contribution in [1.29, 1.82) is 0 Å². The van der Waals surface area contributed by atoms with Crippen LogP contribution in [0.4, 0.5) is 0 Å². The Balaban J connectivity index is 1.53. The van der Waals surface area contributed by atoms with E-state index in [0.29, 0.717) is 0 Å². The maximum atomic E-state index is 5.02. The van der Waals surface area contributed by atoms with Crippen LogP contribution >= 0.6 is 0 Å². The molecule has 0 radical (unpaired) electrons. The highest BCUT2D eigenvalue weighted by Gasteiger charge is 2.35. The molecule has 0 aliphatic heterocycles. The lowest BCUT2D eigenvalue weighted by Gasteiger charge is -2.22. The van der Waals surface area contributed by atoms with Gasteiger partial charge in [0, 0.05) is 22.1 Å². The summed E-state index contributed by atoms with van der Waals surface area (Å²) >= 11 is 0. The molecule has 0 fully saturated rings. The monoisotopic (exact) mass is 438 g/mol. The summed E-state index contributed by atoms with van der Waals surface area (Å²) in [6.07, 6.45) is 0. The van der Waals surface area contributed by atoms with Crippen LogP contribution in [0, 0.1) is 6.92 Å². The summed E-state index contributed by atoms with van der Waals surface area (Å²) in [6, 6.07) is 36.3. The van der Waals surface area contributed by atoms with E-state index in [1.165, 1.54) is 27.8 Å². The van der Waals surface area contributed by atoms with E-state index in [4.69, 9.17) is 9.97 Å². The Bertz CT molecular complexity index is 1460. The van der Waals surface area contributed by atoms with Crippen molar-refractivity contribution in [2.24, 2.45) is 0 Å². The summed E-state index contributed by atoms with van der Waals surface area (Å²) in [5, 5.41) is 0. The van der Waals surface area contributed by atoms with Crippen LogP contribution in [0.5, 0.6) is 0 Å². The predicted octanol–water partition coefficient (Wildman–Crippen LogP) is 8.09. The van der Waals surface area contributed by atoms with Crippen molar-refractivity contribution in [3.05, 3.63) is 120 Å². The number of rotatable bonds is 3. The van der Waals surface area contributed by atoms with Gasteiger partial charge in [0.05, 0.1) is 11.4 Å². The minimum absolute atomic E-state index is 0.0513. The minimum atomic E-state index is -0.0513. The molecule has 0 saturated heterocycles. The molecule has 1 heterocycles. The molecule has 5 aromatic rings. The number of fused-ring (bicyclic) bond motifs is 3. The van der Waals surface area contributed by atoms with Gasteiger partial charge in [-0.25, -0.2) is 9.97 Å². The highest BCUT2D eigenvalue weighted by Crippen LogP contribution is 2.49. The maximum Gasteiger partial charge on any atom is 0.160 e. The third kappa shape index (κ3) is 3.34. The first-order valence-corrected chi connectivity index (χ1v) is 11.8. The molecule has 164 valence electrons. The fourth-order valence-corrected chi connectivity index (χ4v) is 5.08. The van der Waals surface area contributed by atoms with Crippen LogP contribution in [0.25, 0.3) is 45.0 Å². The molecule has 1 aliphatic rings. The lowest BCUT2D eigenvalue weighted by atomic mass is 9.81. The van der Waals surface area contributed by atoms with Crippen molar-refractivity contribution >= 4 is 0 Å². The second-order valence-electron chi connectivity index (χ2n) is 9.63. The Kier molecular flexibility index (Phi) is 4.70. The summed E-state index contributed by atoms with van der Waals surface area (Å²) in [5.41, 5.74) is 11.8. The SMILES string of the molecule is Cc1ccc2c(c1)C(C)(C)c1cc(-c3cc(-c4ccccc4)nc(-c4ccccc4)n3)ccc1-2. The van der Waals surface area contributed by atoms with E-state index in [0.717, 1.165) is 33.9 Å². The Morgan fingerprint density at radius 1 is 0.529 bits per heavy atom. The number of hydrogen-bond acceptors (Lipinski definition) is 2. The average molecular weight is 439 g/mol. The molecule has 0 spiro atoms. The summed E-state index contributed by atoms with van der Waals surface area (Å²) in [7, 11) is 0. The topological polar surface area (TPSA) is 25.8 Å². The van der Waals surface area contributed by atoms with Crippen LogP contribution in [-0.2, 0) is 5.41 Å². The summed E-state index contributed by atoms with van der Waals surface area (Å²) in [4.78, 5) is 9.96. The van der Waals surface area contributed by atoms with Gasteiger partial charge < -0.3 is 0 Å². The first kappa shape index (κ1) is 20.6. The minimum Gasteiger partial charge on any atom is -0.228 e. The Hall–Kier alpha value is -4.04. The van der Waals surface area contributed by atoms with E-state index in [9.17, 15) is 0 Å². The second kappa shape index (κ2) is 7.78. The third-order valence-corrected chi connectivity index (χ3v) is 6.95. The number of aryl methyl sites for hydroxylation is 1. The molecule has 0 amide bonds. The van der Waals surface area contributed by atoms with E-state index in [2.05, 4.69) is 99.6 Å². The molecule has 6 rings (SSSR count). The Labute approximate surface area is 201 Å². The largest absolute Gasteiger partial charge is 0.228 e. The molecule has 1 aromatic heterocycles. The Morgan fingerprint density at radius 2 is 1.09 bits per heavy atom. The normalized spacial score (nSPS) is 13.4. The van der Waals surface area contributed by atoms with Gasteiger partial charge in [0.1, 0.15) is 0 Å². The van der Waals surface area contributed by atoms with Crippen molar-refractivity contribution in [2.75, 3.05) is 0 Å². The zero-order valence-corrected chi connectivity index (χ0v) is 19.7. The van der Waals surface area contributed by atoms with Gasteiger partial charge in [0.15, 0.2) is 5.82 Å². The summed E-state index contributed by atoms with van der Waals surface area (Å²) in [6.45, 7) is 6.82. The van der Waals surface area contributed by atoms with Gasteiger partial charge >= 0.3 is 0 Å². The van der Waals surface area contributed by atoms with Crippen molar-refractivity contribution < 1.29 is 0 Å². The van der Waals surface area contributed by atoms with Gasteiger partial charge in [-0.1, -0.05) is 110 Å². The highest BCUT2D eigenvalue weighted by atomic mass is 14.9. The van der Waals surface area contributed by atoms with Crippen LogP contribution in [0.3, 0.4) is 0 Å². The molecule has 2 nitrogen and oxygen atoms in total. The van der Waals surface area contributed by atoms with Crippen molar-refractivity contribution in [3.63, 3.8) is 0 Å². The molecule has 34 heavy (non-hydrogen) atoms. The van der Waals surface area contributed by atoms with Crippen LogP contribution in [0.15, 0.2) is 103 Å². The van der Waals surface area contributed by atoms with Crippen LogP contribution in [-0.4, -0.2) is 9.97 Å². The van der Waals surface area contributed by atoms with Gasteiger partial charge in [0.2, 0.25) is 0 Å². The number of benzene rings is 4. The van der Waals surface area contributed by atoms with Crippen molar-refractivity contribution in [3.8, 4) is 45.0 Å². The molecule has 0 bridgehead atoms. The molecule has 4 aromatic carbocycles. The molecular weight excluding hydrogens is 412 g/mol. The van der Waals surface area contributed by atoms with E-state index < -0.39 is 0 Å². The van der Waals surface area contributed by atoms with Crippen molar-refractivity contribution in [2.45, 2.75) is 26.2 Å². The zero-order valence-electron chi connectivity index (χ0n) is 19.7. The van der Waals surface area contributed by atoms with E-state index in [-0.39, 0.29) is 5.41 Å². The molecule has 1 aliphatic carbocycles. The van der Waals surface area contributed by atoms with E-state index >= 15 is 0 Å². The molecule has 0 saturated carbocycles. The molecule has 2 heteroatoms. The van der Waals surface area contributed by atoms with Gasteiger partial charge in [-0.05, 0) is 41.3 Å². The first-order chi connectivity index (χ1) is 16.5. The van der Waals surface area contributed by atoms with Gasteiger partial charge in [-0.2, -0.15) is 0 Å². The lowest BCUT2D eigenvalue weighted by Crippen LogP contribution is -2.15. The van der Waals surface area contributed by atoms with E-state index in [1.807, 2.05) is 24.3 Å². The lowest BCUT2D eigenvalue weighted by molar-refractivity contribution is 0.660. The molecule has 0 unspecified atom stereocenters. The number of hydrogen-bond donors (Lipinski definition) is 0. The van der Waals surface area contributed by atoms with Crippen LogP contribution in [0.2, 0.25) is 0 Å². The predicted molar refractivity (Wildman–Crippen MR) is 141 cm³/mol. The highest BCUT2D eigenvalue weighted by molar-refractivity contribution is 5.84. The number of nitrogens with zero attached hydrogens (tertiary/aromatic N) is 2. The van der Waals surface area contributed by atoms with Crippen LogP contribution < -0.4 is 0 Å². The first-order valence-electron chi connectivity index (χ1n) is 11.8. The maximum absolute atomic E-state index is 5.02. The van der Waals surface area contributed by atoms with Gasteiger partial charge in [-0.15, -0.1) is 0 Å². The molecule has 0 N–H and O–H groups in total. The third-order valence-electron chi connectivity index (χ3n) is 6.95. The van der Waals surface area contributed by atoms with E-state index in [1.54, 1.807) is 0 Å². The van der Waals surface area contributed by atoms with Gasteiger partial charge in [0.25, 0.3) is 0 Å². The smallest absolute Gasteiger partial charge is 0.160 e. The zero-order chi connectivity index (χ0) is 23.3. The fraction of sp³-hybridized carbons (Fsp3) is 0.125. The summed E-state index contributed by atoms with van der Waals surface area (Å²) in [5.74, 6) is 0.746. The average Bonchev–Trinajstić information content (AvgIpc) is 3.10. The Morgan fingerprint density at radius 3 is 1.76 bits per heavy atom. The van der Waals surface area contributed by atoms with Crippen LogP contribution in [0.1, 0.15) is 30.5 Å². The number of aromatic nitrogens is 2. The fourth-order valence-electron chi connectivity index (χ4n) is 5.08. The quantitative estimate of drug-likeness (QED) is 0.284. The molecule has 0 atom stereocenters. The second-order valence-corrected chi connectivity index (χ2v) is 9.63. The molecular formula is C32H26N2.